The average Bonchev–Trinajstić information content (AvgIpc) is 2.37. The molecule has 0 saturated heterocycles. The number of alkyl halides is 1. The van der Waals surface area contributed by atoms with Crippen molar-refractivity contribution in [3.8, 4) is 0 Å². The first-order valence-electron chi connectivity index (χ1n) is 5.89. The lowest BCUT2D eigenvalue weighted by molar-refractivity contribution is -0.120. The molecular formula is C15H16ClNO. The van der Waals surface area contributed by atoms with Crippen LogP contribution in [0.5, 0.6) is 0 Å². The van der Waals surface area contributed by atoms with Gasteiger partial charge in [0.25, 0.3) is 0 Å². The van der Waals surface area contributed by atoms with E-state index in [-0.39, 0.29) is 11.8 Å². The van der Waals surface area contributed by atoms with Crippen molar-refractivity contribution in [2.75, 3.05) is 5.88 Å². The zero-order valence-corrected chi connectivity index (χ0v) is 11.3. The van der Waals surface area contributed by atoms with Gasteiger partial charge in [-0.1, -0.05) is 36.4 Å². The van der Waals surface area contributed by atoms with Crippen molar-refractivity contribution >= 4 is 28.3 Å². The molecule has 0 radical (unpaired) electrons. The van der Waals surface area contributed by atoms with E-state index in [9.17, 15) is 4.79 Å². The molecule has 0 atom stereocenters. The van der Waals surface area contributed by atoms with Crippen molar-refractivity contribution in [2.24, 2.45) is 0 Å². The summed E-state index contributed by atoms with van der Waals surface area (Å²) in [5, 5.41) is 5.28. The summed E-state index contributed by atoms with van der Waals surface area (Å²) in [5.74, 6) is -0.174. The van der Waals surface area contributed by atoms with Crippen molar-refractivity contribution in [3.63, 3.8) is 0 Å². The van der Waals surface area contributed by atoms with Gasteiger partial charge in [0.15, 0.2) is 0 Å². The van der Waals surface area contributed by atoms with Crippen molar-refractivity contribution in [1.82, 2.24) is 5.32 Å². The Morgan fingerprint density at radius 1 is 1.17 bits per heavy atom. The maximum Gasteiger partial charge on any atom is 0.235 e. The number of benzene rings is 2. The van der Waals surface area contributed by atoms with Crippen LogP contribution in [0.1, 0.15) is 19.4 Å². The number of hydrogen-bond acceptors (Lipinski definition) is 1. The van der Waals surface area contributed by atoms with Gasteiger partial charge in [-0.05, 0) is 36.2 Å². The van der Waals surface area contributed by atoms with Gasteiger partial charge in [-0.15, -0.1) is 11.6 Å². The highest BCUT2D eigenvalue weighted by Gasteiger charge is 2.22. The molecule has 0 fully saturated rings. The van der Waals surface area contributed by atoms with Gasteiger partial charge in [0, 0.05) is 0 Å². The predicted molar refractivity (Wildman–Crippen MR) is 75.8 cm³/mol. The lowest BCUT2D eigenvalue weighted by Gasteiger charge is -2.27. The molecule has 0 aliphatic rings. The van der Waals surface area contributed by atoms with Gasteiger partial charge in [0.1, 0.15) is 5.88 Å². The fourth-order valence-electron chi connectivity index (χ4n) is 2.03. The van der Waals surface area contributed by atoms with Crippen LogP contribution in [0.15, 0.2) is 42.5 Å². The van der Waals surface area contributed by atoms with Crippen molar-refractivity contribution in [2.45, 2.75) is 19.4 Å². The molecule has 18 heavy (non-hydrogen) atoms. The van der Waals surface area contributed by atoms with Crippen LogP contribution in [0, 0.1) is 0 Å². The Hall–Kier alpha value is -1.54. The maximum atomic E-state index is 11.4. The highest BCUT2D eigenvalue weighted by molar-refractivity contribution is 6.27. The summed E-state index contributed by atoms with van der Waals surface area (Å²) in [7, 11) is 0. The molecule has 0 heterocycles. The summed E-state index contributed by atoms with van der Waals surface area (Å²) >= 11 is 5.53. The molecule has 0 bridgehead atoms. The third kappa shape index (κ3) is 2.65. The van der Waals surface area contributed by atoms with E-state index in [0.29, 0.717) is 0 Å². The van der Waals surface area contributed by atoms with Gasteiger partial charge in [-0.3, -0.25) is 4.79 Å². The molecule has 2 aromatic carbocycles. The van der Waals surface area contributed by atoms with Crippen molar-refractivity contribution < 1.29 is 4.79 Å². The number of amides is 1. The van der Waals surface area contributed by atoms with Crippen LogP contribution >= 0.6 is 11.6 Å². The summed E-state index contributed by atoms with van der Waals surface area (Å²) in [6, 6.07) is 14.4. The second kappa shape index (κ2) is 4.99. The summed E-state index contributed by atoms with van der Waals surface area (Å²) in [6.45, 7) is 3.95. The van der Waals surface area contributed by atoms with E-state index < -0.39 is 5.54 Å². The van der Waals surface area contributed by atoms with Gasteiger partial charge in [0.05, 0.1) is 5.54 Å². The largest absolute Gasteiger partial charge is 0.346 e. The zero-order valence-electron chi connectivity index (χ0n) is 10.5. The predicted octanol–water partition coefficient (Wildman–Crippen LogP) is 3.43. The van der Waals surface area contributed by atoms with Crippen LogP contribution in [0.25, 0.3) is 10.8 Å². The average molecular weight is 262 g/mol. The molecular weight excluding hydrogens is 246 g/mol. The Kier molecular flexibility index (Phi) is 3.58. The topological polar surface area (TPSA) is 29.1 Å². The minimum atomic E-state index is -0.421. The lowest BCUT2D eigenvalue weighted by Crippen LogP contribution is -2.41. The number of nitrogens with one attached hydrogen (secondary N) is 1. The molecule has 3 heteroatoms. The lowest BCUT2D eigenvalue weighted by atomic mass is 9.92. The molecule has 2 rings (SSSR count). The smallest absolute Gasteiger partial charge is 0.235 e. The molecule has 1 amide bonds. The molecule has 0 aromatic heterocycles. The fourth-order valence-corrected chi connectivity index (χ4v) is 2.10. The van der Waals surface area contributed by atoms with Gasteiger partial charge in [-0.25, -0.2) is 0 Å². The van der Waals surface area contributed by atoms with E-state index >= 15 is 0 Å². The summed E-state index contributed by atoms with van der Waals surface area (Å²) in [4.78, 5) is 11.4. The van der Waals surface area contributed by atoms with E-state index in [1.807, 2.05) is 32.0 Å². The van der Waals surface area contributed by atoms with Gasteiger partial charge in [-0.2, -0.15) is 0 Å². The van der Waals surface area contributed by atoms with Crippen LogP contribution in [-0.2, 0) is 10.3 Å². The first-order valence-corrected chi connectivity index (χ1v) is 6.42. The van der Waals surface area contributed by atoms with Gasteiger partial charge >= 0.3 is 0 Å². The highest BCUT2D eigenvalue weighted by atomic mass is 35.5. The van der Waals surface area contributed by atoms with Gasteiger partial charge < -0.3 is 5.32 Å². The van der Waals surface area contributed by atoms with Gasteiger partial charge in [0.2, 0.25) is 5.91 Å². The SMILES string of the molecule is CC(C)(NC(=O)CCl)c1ccc2ccccc2c1. The zero-order chi connectivity index (χ0) is 13.2. The van der Waals surface area contributed by atoms with Crippen LogP contribution in [0.4, 0.5) is 0 Å². The molecule has 0 aliphatic carbocycles. The van der Waals surface area contributed by atoms with Crippen LogP contribution in [0.3, 0.4) is 0 Å². The summed E-state index contributed by atoms with van der Waals surface area (Å²) in [6.07, 6.45) is 0. The summed E-state index contributed by atoms with van der Waals surface area (Å²) in [5.41, 5.74) is 0.649. The second-order valence-electron chi connectivity index (χ2n) is 4.87. The molecule has 94 valence electrons. The van der Waals surface area contributed by atoms with E-state index in [2.05, 4.69) is 29.6 Å². The van der Waals surface area contributed by atoms with E-state index in [1.54, 1.807) is 0 Å². The summed E-state index contributed by atoms with van der Waals surface area (Å²) < 4.78 is 0. The fraction of sp³-hybridized carbons (Fsp3) is 0.267. The van der Waals surface area contributed by atoms with Crippen LogP contribution in [-0.4, -0.2) is 11.8 Å². The van der Waals surface area contributed by atoms with E-state index in [4.69, 9.17) is 11.6 Å². The Morgan fingerprint density at radius 2 is 1.83 bits per heavy atom. The van der Waals surface area contributed by atoms with E-state index in [0.717, 1.165) is 5.56 Å². The second-order valence-corrected chi connectivity index (χ2v) is 5.14. The van der Waals surface area contributed by atoms with Crippen molar-refractivity contribution in [3.05, 3.63) is 48.0 Å². The molecule has 0 unspecified atom stereocenters. The van der Waals surface area contributed by atoms with Crippen molar-refractivity contribution in [1.29, 1.82) is 0 Å². The number of carbonyl (C=O) groups is 1. The number of hydrogen-bond donors (Lipinski definition) is 1. The standard InChI is InChI=1S/C15H16ClNO/c1-15(2,17-14(18)10-16)13-8-7-11-5-3-4-6-12(11)9-13/h3-9H,10H2,1-2H3,(H,17,18). The quantitative estimate of drug-likeness (QED) is 0.843. The van der Waals surface area contributed by atoms with Crippen LogP contribution in [0.2, 0.25) is 0 Å². The third-order valence-corrected chi connectivity index (χ3v) is 3.29. The minimum Gasteiger partial charge on any atom is -0.346 e. The Morgan fingerprint density at radius 3 is 2.50 bits per heavy atom. The molecule has 2 aromatic rings. The molecule has 0 aliphatic heterocycles. The van der Waals surface area contributed by atoms with Crippen LogP contribution < -0.4 is 5.32 Å². The molecule has 1 N–H and O–H groups in total. The Labute approximate surface area is 112 Å². The Bertz CT molecular complexity index is 577. The normalized spacial score (nSPS) is 11.5. The first-order chi connectivity index (χ1) is 8.53. The third-order valence-electron chi connectivity index (χ3n) is 3.04. The molecule has 0 spiro atoms. The highest BCUT2D eigenvalue weighted by Crippen LogP contribution is 2.24. The maximum absolute atomic E-state index is 11.4. The molecule has 0 saturated carbocycles. The minimum absolute atomic E-state index is 0.0169. The number of fused-ring (bicyclic) bond motifs is 1. The van der Waals surface area contributed by atoms with E-state index in [1.165, 1.54) is 10.8 Å². The number of halogens is 1. The number of rotatable bonds is 3. The first kappa shape index (κ1) is 12.9. The Balaban J connectivity index is 2.37. The molecule has 2 nitrogen and oxygen atoms in total. The monoisotopic (exact) mass is 261 g/mol. The number of carbonyl (C=O) groups excluding carboxylic acids is 1.